The minimum absolute atomic E-state index is 0.0867. The van der Waals surface area contributed by atoms with E-state index in [2.05, 4.69) is 10.3 Å². The van der Waals surface area contributed by atoms with E-state index < -0.39 is 11.7 Å². The summed E-state index contributed by atoms with van der Waals surface area (Å²) in [5, 5.41) is 2.78. The third kappa shape index (κ3) is 3.73. The van der Waals surface area contributed by atoms with Crippen molar-refractivity contribution in [3.05, 3.63) is 22.8 Å². The summed E-state index contributed by atoms with van der Waals surface area (Å²) < 4.78 is 43.2. The Morgan fingerprint density at radius 1 is 1.42 bits per heavy atom. The van der Waals surface area contributed by atoms with Crippen LogP contribution < -0.4 is 5.32 Å². The smallest absolute Gasteiger partial charge is 0.378 e. The number of alkyl halides is 3. The van der Waals surface area contributed by atoms with Crippen molar-refractivity contribution in [1.82, 2.24) is 4.98 Å². The molecule has 1 aliphatic carbocycles. The van der Waals surface area contributed by atoms with E-state index in [4.69, 9.17) is 16.3 Å². The predicted molar refractivity (Wildman–Crippen MR) is 66.3 cm³/mol. The molecule has 0 amide bonds. The maximum atomic E-state index is 12.6. The van der Waals surface area contributed by atoms with Gasteiger partial charge >= 0.3 is 6.18 Å². The van der Waals surface area contributed by atoms with Crippen LogP contribution in [0.1, 0.15) is 25.3 Å². The lowest BCUT2D eigenvalue weighted by Gasteiger charge is -2.35. The number of hydrogen-bond donors (Lipinski definition) is 1. The molecule has 106 valence electrons. The average molecular weight is 295 g/mol. The highest BCUT2D eigenvalue weighted by Gasteiger charge is 2.33. The van der Waals surface area contributed by atoms with Crippen LogP contribution in [0.15, 0.2) is 12.1 Å². The highest BCUT2D eigenvalue weighted by atomic mass is 35.5. The summed E-state index contributed by atoms with van der Waals surface area (Å²) >= 11 is 5.60. The highest BCUT2D eigenvalue weighted by Crippen LogP contribution is 2.33. The number of hydrogen-bond acceptors (Lipinski definition) is 3. The van der Waals surface area contributed by atoms with Crippen molar-refractivity contribution in [2.75, 3.05) is 11.9 Å². The lowest BCUT2D eigenvalue weighted by Crippen LogP contribution is -2.41. The van der Waals surface area contributed by atoms with Crippen LogP contribution in [-0.2, 0) is 10.9 Å². The van der Waals surface area contributed by atoms with E-state index in [0.717, 1.165) is 25.0 Å². The zero-order valence-electron chi connectivity index (χ0n) is 10.3. The van der Waals surface area contributed by atoms with Gasteiger partial charge in [-0.3, -0.25) is 0 Å². The minimum Gasteiger partial charge on any atom is -0.378 e. The van der Waals surface area contributed by atoms with Crippen molar-refractivity contribution in [2.45, 2.75) is 38.1 Å². The zero-order valence-corrected chi connectivity index (χ0v) is 11.1. The number of halogens is 4. The molecule has 0 aliphatic heterocycles. The molecular weight excluding hydrogens is 281 g/mol. The SMILES string of the molecule is CCOC1CC(Nc2cc(C(F)(F)F)cc(Cl)n2)C1. The lowest BCUT2D eigenvalue weighted by molar-refractivity contribution is -0.137. The number of rotatable bonds is 4. The summed E-state index contributed by atoms with van der Waals surface area (Å²) in [5.41, 5.74) is -0.796. The standard InChI is InChI=1S/C12H14ClF3N2O/c1-2-19-9-5-8(6-9)17-11-4-7(12(14,15)16)3-10(13)18-11/h3-4,8-9H,2,5-6H2,1H3,(H,17,18). The third-order valence-corrected chi connectivity index (χ3v) is 3.16. The van der Waals surface area contributed by atoms with Gasteiger partial charge in [0.2, 0.25) is 0 Å². The number of aromatic nitrogens is 1. The second-order valence-electron chi connectivity index (χ2n) is 4.45. The van der Waals surface area contributed by atoms with Crippen LogP contribution in [0.25, 0.3) is 0 Å². The maximum Gasteiger partial charge on any atom is 0.416 e. The summed E-state index contributed by atoms with van der Waals surface area (Å²) in [6.07, 6.45) is -2.70. The molecule has 7 heteroatoms. The van der Waals surface area contributed by atoms with Gasteiger partial charge in [0.25, 0.3) is 0 Å². The fourth-order valence-corrected chi connectivity index (χ4v) is 2.21. The van der Waals surface area contributed by atoms with Gasteiger partial charge in [0.05, 0.1) is 11.7 Å². The largest absolute Gasteiger partial charge is 0.416 e. The van der Waals surface area contributed by atoms with Crippen LogP contribution in [0.2, 0.25) is 5.15 Å². The normalized spacial score (nSPS) is 23.0. The molecule has 0 aromatic carbocycles. The van der Waals surface area contributed by atoms with Crippen molar-refractivity contribution in [3.63, 3.8) is 0 Å². The Bertz CT molecular complexity index is 447. The summed E-state index contributed by atoms with van der Waals surface area (Å²) in [4.78, 5) is 3.85. The van der Waals surface area contributed by atoms with Crippen molar-refractivity contribution in [2.24, 2.45) is 0 Å². The molecule has 0 unspecified atom stereocenters. The zero-order chi connectivity index (χ0) is 14.0. The molecule has 1 aliphatic rings. The second-order valence-corrected chi connectivity index (χ2v) is 4.84. The Labute approximate surface area is 114 Å². The van der Waals surface area contributed by atoms with E-state index in [9.17, 15) is 13.2 Å². The van der Waals surface area contributed by atoms with Gasteiger partial charge in [-0.05, 0) is 31.9 Å². The summed E-state index contributed by atoms with van der Waals surface area (Å²) in [6.45, 7) is 2.56. The first kappa shape index (κ1) is 14.4. The van der Waals surface area contributed by atoms with E-state index in [1.54, 1.807) is 0 Å². The maximum absolute atomic E-state index is 12.6. The summed E-state index contributed by atoms with van der Waals surface area (Å²) in [7, 11) is 0. The van der Waals surface area contributed by atoms with Gasteiger partial charge in [-0.15, -0.1) is 0 Å². The molecule has 0 bridgehead atoms. The van der Waals surface area contributed by atoms with E-state index in [1.807, 2.05) is 6.92 Å². The molecule has 1 aromatic heterocycles. The molecule has 0 spiro atoms. The molecular formula is C12H14ClF3N2O. The van der Waals surface area contributed by atoms with Crippen LogP contribution in [-0.4, -0.2) is 23.7 Å². The van der Waals surface area contributed by atoms with Crippen LogP contribution in [0.4, 0.5) is 19.0 Å². The number of pyridine rings is 1. The topological polar surface area (TPSA) is 34.1 Å². The van der Waals surface area contributed by atoms with Gasteiger partial charge in [-0.1, -0.05) is 11.6 Å². The third-order valence-electron chi connectivity index (χ3n) is 2.97. The predicted octanol–water partition coefficient (Wildman–Crippen LogP) is 3.73. The Hall–Kier alpha value is -1.01. The van der Waals surface area contributed by atoms with Crippen molar-refractivity contribution >= 4 is 17.4 Å². The molecule has 3 nitrogen and oxygen atoms in total. The summed E-state index contributed by atoms with van der Waals surface area (Å²) in [6, 6.07) is 1.87. The first-order chi connectivity index (χ1) is 8.88. The second kappa shape index (κ2) is 5.54. The van der Waals surface area contributed by atoms with Crippen molar-refractivity contribution < 1.29 is 17.9 Å². The highest BCUT2D eigenvalue weighted by molar-refractivity contribution is 6.29. The molecule has 0 saturated heterocycles. The molecule has 0 atom stereocenters. The van der Waals surface area contributed by atoms with E-state index in [0.29, 0.717) is 6.61 Å². The van der Waals surface area contributed by atoms with Crippen LogP contribution in [0.3, 0.4) is 0 Å². The van der Waals surface area contributed by atoms with Crippen LogP contribution in [0, 0.1) is 0 Å². The van der Waals surface area contributed by atoms with Gasteiger partial charge in [0, 0.05) is 12.6 Å². The van der Waals surface area contributed by atoms with Gasteiger partial charge in [-0.25, -0.2) is 4.98 Å². The molecule has 1 fully saturated rings. The molecule has 1 saturated carbocycles. The molecule has 1 aromatic rings. The number of nitrogens with zero attached hydrogens (tertiary/aromatic N) is 1. The number of ether oxygens (including phenoxy) is 1. The Morgan fingerprint density at radius 2 is 2.11 bits per heavy atom. The van der Waals surface area contributed by atoms with Gasteiger partial charge < -0.3 is 10.1 Å². The van der Waals surface area contributed by atoms with E-state index in [1.165, 1.54) is 0 Å². The minimum atomic E-state index is -4.42. The Morgan fingerprint density at radius 3 is 2.68 bits per heavy atom. The Balaban J connectivity index is 2.00. The molecule has 0 radical (unpaired) electrons. The van der Waals surface area contributed by atoms with Gasteiger partial charge in [0.1, 0.15) is 11.0 Å². The van der Waals surface area contributed by atoms with Crippen LogP contribution >= 0.6 is 11.6 Å². The summed E-state index contributed by atoms with van der Waals surface area (Å²) in [5.74, 6) is 0.153. The van der Waals surface area contributed by atoms with E-state index in [-0.39, 0.29) is 23.1 Å². The van der Waals surface area contributed by atoms with Gasteiger partial charge in [-0.2, -0.15) is 13.2 Å². The first-order valence-corrected chi connectivity index (χ1v) is 6.39. The Kier molecular flexibility index (Phi) is 4.20. The quantitative estimate of drug-likeness (QED) is 0.859. The number of nitrogens with one attached hydrogen (secondary N) is 1. The van der Waals surface area contributed by atoms with Crippen molar-refractivity contribution in [1.29, 1.82) is 0 Å². The fraction of sp³-hybridized carbons (Fsp3) is 0.583. The van der Waals surface area contributed by atoms with E-state index >= 15 is 0 Å². The first-order valence-electron chi connectivity index (χ1n) is 6.01. The monoisotopic (exact) mass is 294 g/mol. The lowest BCUT2D eigenvalue weighted by atomic mass is 9.89. The molecule has 1 heterocycles. The number of anilines is 1. The molecule has 2 rings (SSSR count). The van der Waals surface area contributed by atoms with Crippen LogP contribution in [0.5, 0.6) is 0 Å². The average Bonchev–Trinajstić information content (AvgIpc) is 2.24. The molecule has 1 N–H and O–H groups in total. The van der Waals surface area contributed by atoms with Gasteiger partial charge in [0.15, 0.2) is 0 Å². The fourth-order valence-electron chi connectivity index (χ4n) is 2.00. The van der Waals surface area contributed by atoms with Crippen molar-refractivity contribution in [3.8, 4) is 0 Å². The molecule has 19 heavy (non-hydrogen) atoms.